The minimum absolute atomic E-state index is 0.559. The third-order valence-corrected chi connectivity index (χ3v) is 4.04. The molecule has 1 aromatic carbocycles. The molecule has 106 valence electrons. The fraction of sp³-hybridized carbons (Fsp3) is 0.421. The van der Waals surface area contributed by atoms with Crippen molar-refractivity contribution >= 4 is 0 Å². The molecule has 20 heavy (non-hydrogen) atoms. The summed E-state index contributed by atoms with van der Waals surface area (Å²) in [7, 11) is 2.13. The van der Waals surface area contributed by atoms with Gasteiger partial charge in [0.1, 0.15) is 7.05 Å². The molecule has 0 saturated carbocycles. The quantitative estimate of drug-likeness (QED) is 0.708. The highest BCUT2D eigenvalue weighted by molar-refractivity contribution is 5.63. The van der Waals surface area contributed by atoms with Crippen LogP contribution < -0.4 is 4.57 Å². The molecule has 2 rings (SSSR count). The van der Waals surface area contributed by atoms with Crippen LogP contribution in [0.25, 0.3) is 11.3 Å². The van der Waals surface area contributed by atoms with E-state index < -0.39 is 0 Å². The van der Waals surface area contributed by atoms with Crippen LogP contribution in [0.4, 0.5) is 0 Å². The van der Waals surface area contributed by atoms with E-state index in [9.17, 15) is 0 Å². The third kappa shape index (κ3) is 2.92. The molecule has 0 spiro atoms. The summed E-state index contributed by atoms with van der Waals surface area (Å²) in [6.45, 7) is 11.2. The van der Waals surface area contributed by atoms with E-state index in [0.29, 0.717) is 11.8 Å². The molecule has 0 amide bonds. The minimum Gasteiger partial charge on any atom is -0.201 e. The van der Waals surface area contributed by atoms with E-state index in [-0.39, 0.29) is 0 Å². The smallest absolute Gasteiger partial charge is 0.201 e. The summed E-state index contributed by atoms with van der Waals surface area (Å²) in [5.41, 5.74) is 6.79. The predicted molar refractivity (Wildman–Crippen MR) is 86.0 cm³/mol. The molecule has 0 N–H and O–H groups in total. The van der Waals surface area contributed by atoms with E-state index in [1.165, 1.54) is 27.9 Å². The zero-order valence-electron chi connectivity index (χ0n) is 13.6. The molecule has 0 aliphatic rings. The van der Waals surface area contributed by atoms with Crippen molar-refractivity contribution in [2.75, 3.05) is 0 Å². The monoisotopic (exact) mass is 268 g/mol. The lowest BCUT2D eigenvalue weighted by molar-refractivity contribution is -0.660. The number of pyridine rings is 1. The van der Waals surface area contributed by atoms with E-state index in [2.05, 4.69) is 82.8 Å². The fourth-order valence-corrected chi connectivity index (χ4v) is 2.49. The Kier molecular flexibility index (Phi) is 4.27. The minimum atomic E-state index is 0.559. The Labute approximate surface area is 123 Å². The zero-order valence-corrected chi connectivity index (χ0v) is 13.6. The molecule has 1 aromatic heterocycles. The molecule has 1 heteroatoms. The first kappa shape index (κ1) is 14.8. The number of benzene rings is 1. The number of hydrogen-bond acceptors (Lipinski definition) is 0. The summed E-state index contributed by atoms with van der Waals surface area (Å²) in [6.07, 6.45) is 2.17. The second-order valence-electron chi connectivity index (χ2n) is 6.34. The van der Waals surface area contributed by atoms with Gasteiger partial charge < -0.3 is 0 Å². The van der Waals surface area contributed by atoms with Crippen LogP contribution in [0.2, 0.25) is 0 Å². The second kappa shape index (κ2) is 5.78. The van der Waals surface area contributed by atoms with Crippen LogP contribution in [0.15, 0.2) is 36.5 Å². The van der Waals surface area contributed by atoms with Gasteiger partial charge in [-0.15, -0.1) is 0 Å². The molecule has 1 heterocycles. The van der Waals surface area contributed by atoms with Crippen molar-refractivity contribution in [3.8, 4) is 11.3 Å². The van der Waals surface area contributed by atoms with Gasteiger partial charge in [0, 0.05) is 17.7 Å². The summed E-state index contributed by atoms with van der Waals surface area (Å²) in [5, 5.41) is 0. The van der Waals surface area contributed by atoms with Crippen LogP contribution in [0.3, 0.4) is 0 Å². The van der Waals surface area contributed by atoms with E-state index in [1.54, 1.807) is 0 Å². The van der Waals surface area contributed by atoms with Gasteiger partial charge in [0.2, 0.25) is 5.69 Å². The van der Waals surface area contributed by atoms with Gasteiger partial charge in [0.15, 0.2) is 6.20 Å². The molecule has 0 aliphatic carbocycles. The largest absolute Gasteiger partial charge is 0.212 e. The van der Waals surface area contributed by atoms with E-state index in [0.717, 1.165) is 0 Å². The third-order valence-electron chi connectivity index (χ3n) is 4.04. The molecular weight excluding hydrogens is 242 g/mol. The van der Waals surface area contributed by atoms with Crippen LogP contribution in [-0.2, 0) is 7.05 Å². The fourth-order valence-electron chi connectivity index (χ4n) is 2.49. The van der Waals surface area contributed by atoms with Gasteiger partial charge in [-0.2, -0.15) is 0 Å². The van der Waals surface area contributed by atoms with Crippen LogP contribution in [-0.4, -0.2) is 0 Å². The van der Waals surface area contributed by atoms with Gasteiger partial charge in [0.25, 0.3) is 0 Å². The van der Waals surface area contributed by atoms with Crippen molar-refractivity contribution in [1.82, 2.24) is 0 Å². The van der Waals surface area contributed by atoms with Gasteiger partial charge in [-0.1, -0.05) is 39.8 Å². The van der Waals surface area contributed by atoms with E-state index in [4.69, 9.17) is 0 Å². The normalized spacial score (nSPS) is 11.4. The van der Waals surface area contributed by atoms with Crippen molar-refractivity contribution in [3.63, 3.8) is 0 Å². The van der Waals surface area contributed by atoms with Crippen LogP contribution >= 0.6 is 0 Å². The maximum absolute atomic E-state index is 2.35. The molecule has 0 atom stereocenters. The number of aromatic nitrogens is 1. The summed E-state index contributed by atoms with van der Waals surface area (Å²) < 4.78 is 2.22. The topological polar surface area (TPSA) is 3.88 Å². The molecule has 0 aliphatic heterocycles. The van der Waals surface area contributed by atoms with Crippen molar-refractivity contribution in [1.29, 1.82) is 0 Å². The van der Waals surface area contributed by atoms with Crippen molar-refractivity contribution in [2.24, 2.45) is 7.05 Å². The van der Waals surface area contributed by atoms with Gasteiger partial charge in [-0.05, 0) is 41.5 Å². The van der Waals surface area contributed by atoms with Gasteiger partial charge in [-0.3, -0.25) is 0 Å². The molecule has 0 radical (unpaired) electrons. The van der Waals surface area contributed by atoms with Crippen LogP contribution in [0.5, 0.6) is 0 Å². The molecule has 0 fully saturated rings. The highest BCUT2D eigenvalue weighted by atomic mass is 14.9. The van der Waals surface area contributed by atoms with Crippen molar-refractivity contribution in [2.45, 2.75) is 46.5 Å². The van der Waals surface area contributed by atoms with E-state index in [1.807, 2.05) is 0 Å². The summed E-state index contributed by atoms with van der Waals surface area (Å²) in [4.78, 5) is 0. The number of hydrogen-bond donors (Lipinski definition) is 0. The number of nitrogens with zero attached hydrogens (tertiary/aromatic N) is 1. The standard InChI is InChI=1S/C19H26N/c1-13(2)16-8-7-15(5)18(11-16)19-12-17(14(3)4)9-10-20(19)6/h7-14H,1-6H3/q+1. The lowest BCUT2D eigenvalue weighted by Crippen LogP contribution is -2.31. The van der Waals surface area contributed by atoms with Crippen molar-refractivity contribution in [3.05, 3.63) is 53.2 Å². The second-order valence-corrected chi connectivity index (χ2v) is 6.34. The Morgan fingerprint density at radius 2 is 1.45 bits per heavy atom. The molecule has 1 nitrogen and oxygen atoms in total. The maximum atomic E-state index is 2.35. The number of aryl methyl sites for hydroxylation is 2. The maximum Gasteiger partial charge on any atom is 0.212 e. The molecule has 2 aromatic rings. The lowest BCUT2D eigenvalue weighted by Gasteiger charge is -2.12. The van der Waals surface area contributed by atoms with Gasteiger partial charge in [-0.25, -0.2) is 4.57 Å². The first-order valence-electron chi connectivity index (χ1n) is 7.50. The molecule has 0 bridgehead atoms. The summed E-state index contributed by atoms with van der Waals surface area (Å²) in [6, 6.07) is 11.4. The first-order valence-corrected chi connectivity index (χ1v) is 7.50. The Morgan fingerprint density at radius 1 is 0.850 bits per heavy atom. The highest BCUT2D eigenvalue weighted by Gasteiger charge is 2.15. The lowest BCUT2D eigenvalue weighted by atomic mass is 9.94. The Morgan fingerprint density at radius 3 is 2.05 bits per heavy atom. The molecular formula is C19H26N+. The zero-order chi connectivity index (χ0) is 14.9. The van der Waals surface area contributed by atoms with Crippen LogP contribution in [0, 0.1) is 6.92 Å². The van der Waals surface area contributed by atoms with Gasteiger partial charge in [0.05, 0.1) is 0 Å². The predicted octanol–water partition coefficient (Wildman–Crippen LogP) is 4.73. The average molecular weight is 268 g/mol. The SMILES string of the molecule is Cc1ccc(C(C)C)cc1-c1cc(C(C)C)cc[n+]1C. The highest BCUT2D eigenvalue weighted by Crippen LogP contribution is 2.27. The number of rotatable bonds is 3. The Bertz CT molecular complexity index is 554. The van der Waals surface area contributed by atoms with E-state index >= 15 is 0 Å². The Hall–Kier alpha value is -1.63. The average Bonchev–Trinajstić information content (AvgIpc) is 2.39. The van der Waals surface area contributed by atoms with Crippen molar-refractivity contribution < 1.29 is 4.57 Å². The summed E-state index contributed by atoms with van der Waals surface area (Å²) >= 11 is 0. The molecule has 0 saturated heterocycles. The van der Waals surface area contributed by atoms with Gasteiger partial charge >= 0.3 is 0 Å². The first-order chi connectivity index (χ1) is 9.40. The van der Waals surface area contributed by atoms with Crippen LogP contribution in [0.1, 0.15) is 56.2 Å². The molecule has 0 unspecified atom stereocenters. The Balaban J connectivity index is 2.61. The summed E-state index contributed by atoms with van der Waals surface area (Å²) in [5.74, 6) is 1.12.